The quantitative estimate of drug-likeness (QED) is 0.656. The van der Waals surface area contributed by atoms with Crippen LogP contribution in [0.25, 0.3) is 0 Å². The second-order valence-electron chi connectivity index (χ2n) is 6.80. The molecule has 0 saturated carbocycles. The number of halogens is 2. The molecule has 1 aliphatic rings. The van der Waals surface area contributed by atoms with Crippen molar-refractivity contribution >= 4 is 33.2 Å². The van der Waals surface area contributed by atoms with E-state index in [9.17, 15) is 8.42 Å². The minimum Gasteiger partial charge on any atom is -0.493 e. The summed E-state index contributed by atoms with van der Waals surface area (Å²) in [4.78, 5) is 2.43. The Morgan fingerprint density at radius 2 is 1.66 bits per heavy atom. The van der Waals surface area contributed by atoms with E-state index in [0.29, 0.717) is 47.7 Å². The van der Waals surface area contributed by atoms with Crippen molar-refractivity contribution in [2.45, 2.75) is 17.9 Å². The van der Waals surface area contributed by atoms with Gasteiger partial charge in [-0.15, -0.1) is 0 Å². The molecule has 1 aliphatic heterocycles. The monoisotopic (exact) mass is 458 g/mol. The summed E-state index contributed by atoms with van der Waals surface area (Å²) in [5.41, 5.74) is 1.05. The molecule has 2 aromatic rings. The average Bonchev–Trinajstić information content (AvgIpc) is 2.96. The molecule has 1 fully saturated rings. The molecule has 0 aromatic heterocycles. The van der Waals surface area contributed by atoms with Gasteiger partial charge < -0.3 is 9.47 Å². The molecular formula is C20H24Cl2N2O4S. The van der Waals surface area contributed by atoms with Crippen LogP contribution in [0.2, 0.25) is 10.0 Å². The molecule has 0 spiro atoms. The third kappa shape index (κ3) is 5.16. The second-order valence-corrected chi connectivity index (χ2v) is 9.55. The molecule has 0 aliphatic carbocycles. The van der Waals surface area contributed by atoms with Gasteiger partial charge in [0.1, 0.15) is 0 Å². The predicted octanol–water partition coefficient (Wildman–Crippen LogP) is 3.91. The van der Waals surface area contributed by atoms with Crippen molar-refractivity contribution in [1.29, 1.82) is 0 Å². The first-order valence-corrected chi connectivity index (χ1v) is 11.4. The van der Waals surface area contributed by atoms with Crippen molar-refractivity contribution in [3.63, 3.8) is 0 Å². The van der Waals surface area contributed by atoms with Crippen molar-refractivity contribution in [2.24, 2.45) is 0 Å². The van der Waals surface area contributed by atoms with Gasteiger partial charge in [0.2, 0.25) is 10.0 Å². The Bertz CT molecular complexity index is 969. The summed E-state index contributed by atoms with van der Waals surface area (Å²) >= 11 is 12.1. The minimum absolute atomic E-state index is 0.202. The van der Waals surface area contributed by atoms with Crippen LogP contribution in [-0.2, 0) is 16.6 Å². The Labute approximate surface area is 182 Å². The number of hydrogen-bond donors (Lipinski definition) is 0. The molecule has 1 heterocycles. The van der Waals surface area contributed by atoms with Gasteiger partial charge in [-0.25, -0.2) is 8.42 Å². The normalized spacial score (nSPS) is 16.4. The Balaban J connectivity index is 1.71. The van der Waals surface area contributed by atoms with Gasteiger partial charge in [-0.2, -0.15) is 4.31 Å². The summed E-state index contributed by atoms with van der Waals surface area (Å²) in [5.74, 6) is 0.889. The first kappa shape index (κ1) is 22.2. The van der Waals surface area contributed by atoms with E-state index in [4.69, 9.17) is 32.7 Å². The van der Waals surface area contributed by atoms with Gasteiger partial charge >= 0.3 is 0 Å². The average molecular weight is 459 g/mol. The fraction of sp³-hybridized carbons (Fsp3) is 0.400. The lowest BCUT2D eigenvalue weighted by atomic mass is 10.2. The molecule has 0 radical (unpaired) electrons. The zero-order valence-corrected chi connectivity index (χ0v) is 18.7. The highest BCUT2D eigenvalue weighted by Crippen LogP contribution is 2.31. The maximum absolute atomic E-state index is 13.1. The summed E-state index contributed by atoms with van der Waals surface area (Å²) in [6.45, 7) is 3.01. The number of ether oxygens (including phenoxy) is 2. The summed E-state index contributed by atoms with van der Waals surface area (Å²) in [5, 5.41) is 1.05. The molecule has 158 valence electrons. The molecule has 0 N–H and O–H groups in total. The van der Waals surface area contributed by atoms with Crippen LogP contribution in [0.15, 0.2) is 41.3 Å². The molecule has 0 bridgehead atoms. The molecule has 0 unspecified atom stereocenters. The van der Waals surface area contributed by atoms with Gasteiger partial charge in [0, 0.05) is 32.2 Å². The van der Waals surface area contributed by atoms with Crippen LogP contribution in [-0.4, -0.2) is 58.0 Å². The van der Waals surface area contributed by atoms with Crippen molar-refractivity contribution in [3.05, 3.63) is 52.0 Å². The number of hydrogen-bond acceptors (Lipinski definition) is 5. The lowest BCUT2D eigenvalue weighted by molar-refractivity contribution is 0.278. The van der Waals surface area contributed by atoms with Crippen LogP contribution in [0.1, 0.15) is 12.0 Å². The number of sulfonamides is 1. The molecule has 0 amide bonds. The topological polar surface area (TPSA) is 59.1 Å². The van der Waals surface area contributed by atoms with Gasteiger partial charge in [-0.1, -0.05) is 29.3 Å². The summed E-state index contributed by atoms with van der Waals surface area (Å²) in [6.07, 6.45) is 0.744. The van der Waals surface area contributed by atoms with Crippen molar-refractivity contribution in [1.82, 2.24) is 9.21 Å². The van der Waals surface area contributed by atoms with Crippen LogP contribution in [0.5, 0.6) is 11.5 Å². The number of nitrogens with zero attached hydrogens (tertiary/aromatic N) is 2. The van der Waals surface area contributed by atoms with E-state index in [2.05, 4.69) is 4.90 Å². The Morgan fingerprint density at radius 3 is 2.34 bits per heavy atom. The highest BCUT2D eigenvalue weighted by molar-refractivity contribution is 7.89. The molecule has 3 rings (SSSR count). The maximum Gasteiger partial charge on any atom is 0.243 e. The van der Waals surface area contributed by atoms with Crippen LogP contribution < -0.4 is 9.47 Å². The van der Waals surface area contributed by atoms with E-state index >= 15 is 0 Å². The zero-order valence-electron chi connectivity index (χ0n) is 16.4. The molecule has 9 heteroatoms. The standard InChI is InChI=1S/C20H24Cl2N2O4S/c1-27-19-7-5-16(13-20(19)28-2)29(25,26)24-9-3-8-23(10-11-24)14-15-4-6-17(21)18(22)12-15/h4-7,12-13H,3,8-11,14H2,1-2H3. The smallest absolute Gasteiger partial charge is 0.243 e. The third-order valence-electron chi connectivity index (χ3n) is 4.93. The Morgan fingerprint density at radius 1 is 0.897 bits per heavy atom. The number of benzene rings is 2. The predicted molar refractivity (Wildman–Crippen MR) is 115 cm³/mol. The van der Waals surface area contributed by atoms with E-state index in [1.807, 2.05) is 12.1 Å². The highest BCUT2D eigenvalue weighted by atomic mass is 35.5. The van der Waals surface area contributed by atoms with E-state index in [-0.39, 0.29) is 4.90 Å². The fourth-order valence-corrected chi connectivity index (χ4v) is 5.17. The van der Waals surface area contributed by atoms with E-state index < -0.39 is 10.0 Å². The SMILES string of the molecule is COc1ccc(S(=O)(=O)N2CCCN(Cc3ccc(Cl)c(Cl)c3)CC2)cc1OC. The van der Waals surface area contributed by atoms with Gasteiger partial charge in [0.25, 0.3) is 0 Å². The van der Waals surface area contributed by atoms with Crippen molar-refractivity contribution < 1.29 is 17.9 Å². The maximum atomic E-state index is 13.1. The summed E-state index contributed by atoms with van der Waals surface area (Å²) < 4.78 is 38.2. The largest absolute Gasteiger partial charge is 0.493 e. The Kier molecular flexibility index (Phi) is 7.29. The van der Waals surface area contributed by atoms with Gasteiger partial charge in [-0.05, 0) is 42.8 Å². The van der Waals surface area contributed by atoms with E-state index in [1.54, 1.807) is 18.2 Å². The van der Waals surface area contributed by atoms with Gasteiger partial charge in [-0.3, -0.25) is 4.90 Å². The van der Waals surface area contributed by atoms with Crippen LogP contribution in [0.4, 0.5) is 0 Å². The minimum atomic E-state index is -3.62. The van der Waals surface area contributed by atoms with Gasteiger partial charge in [0.15, 0.2) is 11.5 Å². The lowest BCUT2D eigenvalue weighted by Gasteiger charge is -2.22. The Hall–Kier alpha value is -1.51. The molecular weight excluding hydrogens is 435 g/mol. The first-order valence-electron chi connectivity index (χ1n) is 9.23. The van der Waals surface area contributed by atoms with Crippen molar-refractivity contribution in [2.75, 3.05) is 40.4 Å². The zero-order chi connectivity index (χ0) is 21.0. The number of methoxy groups -OCH3 is 2. The van der Waals surface area contributed by atoms with E-state index in [0.717, 1.165) is 18.5 Å². The number of rotatable bonds is 6. The molecule has 2 aromatic carbocycles. The van der Waals surface area contributed by atoms with Crippen molar-refractivity contribution in [3.8, 4) is 11.5 Å². The van der Waals surface area contributed by atoms with E-state index in [1.165, 1.54) is 24.6 Å². The molecule has 29 heavy (non-hydrogen) atoms. The van der Waals surface area contributed by atoms with Crippen LogP contribution in [0, 0.1) is 0 Å². The first-order chi connectivity index (χ1) is 13.8. The second kappa shape index (κ2) is 9.53. The molecule has 0 atom stereocenters. The van der Waals surface area contributed by atoms with Crippen LogP contribution in [0.3, 0.4) is 0 Å². The van der Waals surface area contributed by atoms with Gasteiger partial charge in [0.05, 0.1) is 29.2 Å². The third-order valence-corrected chi connectivity index (χ3v) is 7.56. The highest BCUT2D eigenvalue weighted by Gasteiger charge is 2.28. The summed E-state index contributed by atoms with van der Waals surface area (Å²) in [7, 11) is -0.615. The molecule has 6 nitrogen and oxygen atoms in total. The fourth-order valence-electron chi connectivity index (χ4n) is 3.37. The van der Waals surface area contributed by atoms with Crippen LogP contribution >= 0.6 is 23.2 Å². The molecule has 1 saturated heterocycles. The summed E-state index contributed by atoms with van der Waals surface area (Å²) in [6, 6.07) is 10.2. The lowest BCUT2D eigenvalue weighted by Crippen LogP contribution is -2.35.